The third-order valence-corrected chi connectivity index (χ3v) is 6.76. The first kappa shape index (κ1) is 25.0. The van der Waals surface area contributed by atoms with Crippen LogP contribution in [0.4, 0.5) is 5.69 Å². The van der Waals surface area contributed by atoms with Crippen LogP contribution in [0, 0.1) is 0 Å². The van der Waals surface area contributed by atoms with Crippen molar-refractivity contribution in [3.05, 3.63) is 93.3 Å². The second-order valence-electron chi connectivity index (χ2n) is 7.60. The van der Waals surface area contributed by atoms with Gasteiger partial charge < -0.3 is 14.2 Å². The number of hydrogen-bond donors (Lipinski definition) is 0. The molecule has 3 aromatic rings. The minimum absolute atomic E-state index is 0.110. The van der Waals surface area contributed by atoms with Gasteiger partial charge in [-0.25, -0.2) is 4.99 Å². The number of para-hydroxylation sites is 1. The molecule has 1 fully saturated rings. The van der Waals surface area contributed by atoms with Gasteiger partial charge in [0.05, 0.1) is 35.3 Å². The van der Waals surface area contributed by atoms with E-state index in [1.54, 1.807) is 19.1 Å². The number of ether oxygens (including phenoxy) is 3. The normalized spacial score (nSPS) is 15.7. The van der Waals surface area contributed by atoms with Gasteiger partial charge in [-0.15, -0.1) is 0 Å². The SMILES string of the molecule is COCCN1C(=O)/C(=C/c2cc(Br)c(OCc3ccccc3)c(OC)c2)SC1=Nc1ccccc1. The quantitative estimate of drug-likeness (QED) is 0.292. The molecule has 35 heavy (non-hydrogen) atoms. The molecule has 3 aromatic carbocycles. The van der Waals surface area contributed by atoms with Gasteiger partial charge in [-0.1, -0.05) is 48.5 Å². The Labute approximate surface area is 217 Å². The van der Waals surface area contributed by atoms with Crippen LogP contribution in [0.5, 0.6) is 11.5 Å². The molecule has 0 aromatic heterocycles. The summed E-state index contributed by atoms with van der Waals surface area (Å²) in [5, 5.41) is 0.623. The van der Waals surface area contributed by atoms with Gasteiger partial charge in [-0.05, 0) is 69.2 Å². The van der Waals surface area contributed by atoms with Crippen LogP contribution in [0.3, 0.4) is 0 Å². The molecule has 1 amide bonds. The average Bonchev–Trinajstić information content (AvgIpc) is 3.16. The van der Waals surface area contributed by atoms with Crippen LogP contribution in [-0.4, -0.2) is 43.3 Å². The molecule has 0 unspecified atom stereocenters. The summed E-state index contributed by atoms with van der Waals surface area (Å²) in [6.45, 7) is 1.25. The summed E-state index contributed by atoms with van der Waals surface area (Å²) < 4.78 is 17.6. The van der Waals surface area contributed by atoms with Crippen molar-refractivity contribution in [2.24, 2.45) is 4.99 Å². The highest BCUT2D eigenvalue weighted by Gasteiger charge is 2.33. The Balaban J connectivity index is 1.60. The number of aliphatic imine (C=N–C) groups is 1. The van der Waals surface area contributed by atoms with E-state index in [1.165, 1.54) is 11.8 Å². The summed E-state index contributed by atoms with van der Waals surface area (Å²) in [6.07, 6.45) is 1.84. The minimum Gasteiger partial charge on any atom is -0.493 e. The number of amides is 1. The van der Waals surface area contributed by atoms with E-state index in [4.69, 9.17) is 14.2 Å². The smallest absolute Gasteiger partial charge is 0.266 e. The first-order valence-electron chi connectivity index (χ1n) is 11.0. The lowest BCUT2D eigenvalue weighted by Crippen LogP contribution is -2.32. The first-order chi connectivity index (χ1) is 17.1. The number of benzene rings is 3. The van der Waals surface area contributed by atoms with Gasteiger partial charge in [0.2, 0.25) is 0 Å². The first-order valence-corrected chi connectivity index (χ1v) is 12.6. The molecule has 0 radical (unpaired) electrons. The van der Waals surface area contributed by atoms with E-state index in [-0.39, 0.29) is 5.91 Å². The monoisotopic (exact) mass is 552 g/mol. The van der Waals surface area contributed by atoms with Gasteiger partial charge in [0.1, 0.15) is 6.61 Å². The van der Waals surface area contributed by atoms with Gasteiger partial charge >= 0.3 is 0 Å². The molecule has 0 bridgehead atoms. The molecule has 8 heteroatoms. The van der Waals surface area contributed by atoms with E-state index in [2.05, 4.69) is 20.9 Å². The standard InChI is InChI=1S/C27H25BrN2O4S/c1-32-14-13-30-26(31)24(35-27(30)29-21-11-7-4-8-12-21)17-20-15-22(28)25(23(16-20)33-2)34-18-19-9-5-3-6-10-19/h3-12,15-17H,13-14,18H2,1-2H3/b24-17-,29-27?. The van der Waals surface area contributed by atoms with Crippen LogP contribution in [0.25, 0.3) is 6.08 Å². The number of hydrogen-bond acceptors (Lipinski definition) is 6. The Morgan fingerprint density at radius 2 is 1.74 bits per heavy atom. The Kier molecular flexibility index (Phi) is 8.63. The third kappa shape index (κ3) is 6.33. The van der Waals surface area contributed by atoms with Gasteiger partial charge in [0.15, 0.2) is 16.7 Å². The second-order valence-corrected chi connectivity index (χ2v) is 9.46. The Morgan fingerprint density at radius 1 is 1.03 bits per heavy atom. The van der Waals surface area contributed by atoms with Crippen LogP contribution in [0.1, 0.15) is 11.1 Å². The summed E-state index contributed by atoms with van der Waals surface area (Å²) in [4.78, 5) is 20.1. The van der Waals surface area contributed by atoms with Gasteiger partial charge in [0.25, 0.3) is 5.91 Å². The van der Waals surface area contributed by atoms with E-state index in [0.29, 0.717) is 41.3 Å². The second kappa shape index (κ2) is 12.1. The Hall–Kier alpha value is -3.07. The van der Waals surface area contributed by atoms with E-state index in [1.807, 2.05) is 78.9 Å². The number of halogens is 1. The maximum Gasteiger partial charge on any atom is 0.266 e. The predicted molar refractivity (Wildman–Crippen MR) is 144 cm³/mol. The maximum absolute atomic E-state index is 13.2. The van der Waals surface area contributed by atoms with Crippen molar-refractivity contribution in [3.63, 3.8) is 0 Å². The van der Waals surface area contributed by atoms with Crippen LogP contribution in [0.15, 0.2) is 87.2 Å². The summed E-state index contributed by atoms with van der Waals surface area (Å²) in [6, 6.07) is 23.3. The van der Waals surface area contributed by atoms with Gasteiger partial charge in [-0.2, -0.15) is 0 Å². The number of carbonyl (C=O) groups is 1. The zero-order valence-electron chi connectivity index (χ0n) is 19.4. The fourth-order valence-corrected chi connectivity index (χ4v) is 5.03. The number of thioether (sulfide) groups is 1. The molecular formula is C27H25BrN2O4S. The van der Waals surface area contributed by atoms with Crippen LogP contribution < -0.4 is 9.47 Å². The van der Waals surface area contributed by atoms with E-state index >= 15 is 0 Å². The zero-order chi connectivity index (χ0) is 24.6. The van der Waals surface area contributed by atoms with Crippen molar-refractivity contribution in [3.8, 4) is 11.5 Å². The fraction of sp³-hybridized carbons (Fsp3) is 0.185. The highest BCUT2D eigenvalue weighted by Crippen LogP contribution is 2.40. The van der Waals surface area contributed by atoms with Crippen molar-refractivity contribution in [2.45, 2.75) is 6.61 Å². The number of methoxy groups -OCH3 is 2. The molecule has 1 aliphatic rings. The molecule has 6 nitrogen and oxygen atoms in total. The predicted octanol–water partition coefficient (Wildman–Crippen LogP) is 6.29. The summed E-state index contributed by atoms with van der Waals surface area (Å²) in [5.74, 6) is 1.07. The molecule has 180 valence electrons. The van der Waals surface area contributed by atoms with E-state index in [0.717, 1.165) is 21.3 Å². The van der Waals surface area contributed by atoms with Crippen molar-refractivity contribution in [1.82, 2.24) is 4.90 Å². The van der Waals surface area contributed by atoms with E-state index in [9.17, 15) is 4.79 Å². The van der Waals surface area contributed by atoms with Crippen LogP contribution in [0.2, 0.25) is 0 Å². The summed E-state index contributed by atoms with van der Waals surface area (Å²) >= 11 is 4.94. The Morgan fingerprint density at radius 3 is 2.43 bits per heavy atom. The summed E-state index contributed by atoms with van der Waals surface area (Å²) in [5.41, 5.74) is 2.65. The molecule has 0 saturated carbocycles. The number of carbonyl (C=O) groups excluding carboxylic acids is 1. The van der Waals surface area contributed by atoms with Crippen molar-refractivity contribution in [1.29, 1.82) is 0 Å². The molecule has 0 spiro atoms. The summed E-state index contributed by atoms with van der Waals surface area (Å²) in [7, 11) is 3.21. The molecule has 4 rings (SSSR count). The molecule has 0 atom stereocenters. The topological polar surface area (TPSA) is 60.4 Å². The number of nitrogens with zero attached hydrogens (tertiary/aromatic N) is 2. The molecule has 0 aliphatic carbocycles. The van der Waals surface area contributed by atoms with Crippen molar-refractivity contribution in [2.75, 3.05) is 27.4 Å². The molecular weight excluding hydrogens is 528 g/mol. The lowest BCUT2D eigenvalue weighted by atomic mass is 10.1. The van der Waals surface area contributed by atoms with Crippen LogP contribution >= 0.6 is 27.7 Å². The molecule has 1 saturated heterocycles. The minimum atomic E-state index is -0.110. The Bertz CT molecular complexity index is 1230. The fourth-order valence-electron chi connectivity index (χ4n) is 3.43. The maximum atomic E-state index is 13.2. The average molecular weight is 553 g/mol. The molecule has 0 N–H and O–H groups in total. The van der Waals surface area contributed by atoms with Gasteiger partial charge in [-0.3, -0.25) is 9.69 Å². The molecule has 1 heterocycles. The van der Waals surface area contributed by atoms with Crippen molar-refractivity contribution >= 4 is 50.5 Å². The molecule has 1 aliphatic heterocycles. The lowest BCUT2D eigenvalue weighted by molar-refractivity contribution is -0.122. The van der Waals surface area contributed by atoms with Crippen LogP contribution in [-0.2, 0) is 16.1 Å². The number of rotatable bonds is 9. The highest BCUT2D eigenvalue weighted by molar-refractivity contribution is 9.10. The number of amidine groups is 1. The third-order valence-electron chi connectivity index (χ3n) is 5.16. The van der Waals surface area contributed by atoms with Gasteiger partial charge in [0, 0.05) is 7.11 Å². The lowest BCUT2D eigenvalue weighted by Gasteiger charge is -2.15. The largest absolute Gasteiger partial charge is 0.493 e. The zero-order valence-corrected chi connectivity index (χ0v) is 21.8. The highest BCUT2D eigenvalue weighted by atomic mass is 79.9. The van der Waals surface area contributed by atoms with E-state index < -0.39 is 0 Å². The van der Waals surface area contributed by atoms with Crippen molar-refractivity contribution < 1.29 is 19.0 Å².